The first-order valence-corrected chi connectivity index (χ1v) is 25.0. The minimum absolute atomic E-state index is 0.0943. The zero-order valence-electron chi connectivity index (χ0n) is 42.8. The summed E-state index contributed by atoms with van der Waals surface area (Å²) in [5, 5.41) is 26.9. The zero-order chi connectivity index (χ0) is 51.9. The van der Waals surface area contributed by atoms with Gasteiger partial charge in [0.1, 0.15) is 24.2 Å². The maximum Gasteiger partial charge on any atom is 0.277 e. The number of anilines is 4. The number of carbonyl (C=O) groups is 2. The lowest BCUT2D eigenvalue weighted by atomic mass is 10.0. The molecular formula is C54H62N12O8. The summed E-state index contributed by atoms with van der Waals surface area (Å²) in [6.45, 7) is 13.2. The smallest absolute Gasteiger partial charge is 0.277 e. The molecule has 20 nitrogen and oxygen atoms in total. The van der Waals surface area contributed by atoms with Crippen LogP contribution < -0.4 is 20.4 Å². The average Bonchev–Trinajstić information content (AvgIpc) is 4.25. The Bertz CT molecular complexity index is 3360. The average molecular weight is 1010 g/mol. The van der Waals surface area contributed by atoms with Gasteiger partial charge in [0.2, 0.25) is 11.8 Å². The van der Waals surface area contributed by atoms with Gasteiger partial charge in [0, 0.05) is 82.3 Å². The Morgan fingerprint density at radius 2 is 1.28 bits per heavy atom. The highest BCUT2D eigenvalue weighted by atomic mass is 16.5. The van der Waals surface area contributed by atoms with Crippen molar-refractivity contribution in [3.8, 4) is 22.9 Å². The molecule has 8 heterocycles. The largest absolute Gasteiger partial charge is 0.444 e. The lowest BCUT2D eigenvalue weighted by Gasteiger charge is -2.30. The number of ether oxygens (including phenoxy) is 2. The number of nitrogens with zero attached hydrogens (tertiary/aromatic N) is 10. The number of pyridine rings is 2. The van der Waals surface area contributed by atoms with Crippen LogP contribution >= 0.6 is 0 Å². The van der Waals surface area contributed by atoms with E-state index in [1.165, 1.54) is 12.5 Å². The van der Waals surface area contributed by atoms with E-state index in [9.17, 15) is 19.8 Å². The van der Waals surface area contributed by atoms with Crippen molar-refractivity contribution in [3.05, 3.63) is 108 Å². The van der Waals surface area contributed by atoms with Crippen molar-refractivity contribution < 1.29 is 38.1 Å². The van der Waals surface area contributed by atoms with Gasteiger partial charge in [-0.25, -0.2) is 19.9 Å². The molecule has 2 aliphatic heterocycles. The number of nitrogens with one attached hydrogen (secondary N) is 2. The number of carbonyl (C=O) groups excluding carboxylic acids is 2. The monoisotopic (exact) mass is 1010 g/mol. The first-order valence-electron chi connectivity index (χ1n) is 25.0. The van der Waals surface area contributed by atoms with Crippen molar-refractivity contribution >= 4 is 56.6 Å². The molecule has 2 amide bonds. The van der Waals surface area contributed by atoms with Gasteiger partial charge in [-0.2, -0.15) is 0 Å². The number of hydrogen-bond acceptors (Lipinski definition) is 16. The number of aromatic nitrogens is 8. The lowest BCUT2D eigenvalue weighted by Crippen LogP contribution is -2.36. The fourth-order valence-corrected chi connectivity index (χ4v) is 9.42. The van der Waals surface area contributed by atoms with Crippen LogP contribution in [0.3, 0.4) is 0 Å². The molecule has 2 aromatic carbocycles. The molecule has 74 heavy (non-hydrogen) atoms. The normalized spacial score (nSPS) is 15.4. The van der Waals surface area contributed by atoms with Crippen LogP contribution in [0.2, 0.25) is 0 Å². The Balaban J connectivity index is 0.799. The number of imidazole rings is 2. The van der Waals surface area contributed by atoms with Crippen molar-refractivity contribution in [2.75, 3.05) is 59.8 Å². The lowest BCUT2D eigenvalue weighted by molar-refractivity contribution is -0.0364. The number of rotatable bonds is 17. The van der Waals surface area contributed by atoms with Gasteiger partial charge in [0.05, 0.1) is 87.6 Å². The minimum atomic E-state index is -0.839. The molecule has 2 saturated heterocycles. The van der Waals surface area contributed by atoms with Gasteiger partial charge < -0.3 is 58.1 Å². The first-order chi connectivity index (χ1) is 35.4. The molecular weight excluding hydrogens is 945 g/mol. The van der Waals surface area contributed by atoms with Crippen LogP contribution in [0, 0.1) is 6.92 Å². The van der Waals surface area contributed by atoms with E-state index < -0.39 is 29.1 Å². The van der Waals surface area contributed by atoms with Crippen molar-refractivity contribution in [2.45, 2.75) is 90.6 Å². The predicted molar refractivity (Wildman–Crippen MR) is 279 cm³/mol. The topological polar surface area (TPSA) is 237 Å². The van der Waals surface area contributed by atoms with Crippen LogP contribution in [0.4, 0.5) is 22.7 Å². The molecule has 0 radical (unpaired) electrons. The molecule has 2 fully saturated rings. The molecule has 6 aromatic heterocycles. The summed E-state index contributed by atoms with van der Waals surface area (Å²) in [5.41, 5.74) is 7.71. The summed E-state index contributed by atoms with van der Waals surface area (Å²) in [7, 11) is 3.90. The van der Waals surface area contributed by atoms with Crippen LogP contribution in [0.5, 0.6) is 0 Å². The van der Waals surface area contributed by atoms with Gasteiger partial charge in [-0.3, -0.25) is 19.6 Å². The van der Waals surface area contributed by atoms with Crippen LogP contribution in [-0.4, -0.2) is 118 Å². The second-order valence-electron chi connectivity index (χ2n) is 20.4. The zero-order valence-corrected chi connectivity index (χ0v) is 42.8. The van der Waals surface area contributed by atoms with Gasteiger partial charge in [0.15, 0.2) is 11.4 Å². The van der Waals surface area contributed by atoms with Gasteiger partial charge in [-0.15, -0.1) is 0 Å². The van der Waals surface area contributed by atoms with Gasteiger partial charge in [-0.05, 0) is 102 Å². The van der Waals surface area contributed by atoms with Crippen LogP contribution in [0.15, 0.2) is 82.3 Å². The second kappa shape index (κ2) is 20.4. The molecule has 0 bridgehead atoms. The van der Waals surface area contributed by atoms with E-state index in [1.807, 2.05) is 80.7 Å². The maximum absolute atomic E-state index is 13.9. The molecule has 0 saturated carbocycles. The quantitative estimate of drug-likeness (QED) is 0.0695. The number of amides is 2. The minimum Gasteiger partial charge on any atom is -0.444 e. The standard InChI is InChI=1S/C54H62N12O8/c1-32-22-33(10-15-55-32)51-61-41(30-72-51)49(68)59-39-24-43-37(26-45(39)65-18-20-71-21-19-65)58-48(64(43)7)9-14-54(4,5)74-29-35-23-34(11-16-56-35)52-62-42(31-73-52)50(69)60-40-25-44-38(27-46(40)66-17-12-36(67)28-66)57-47(63(44)6)8-13-53(2,3)70/h10-11,15-16,22-27,30-31,36,67,70H,8-9,12-14,17-21,28-29H2,1-7H3,(H,59,68)(H,60,69)/t36-/m1/s1. The number of oxazole rings is 2. The van der Waals surface area contributed by atoms with E-state index in [0.29, 0.717) is 100 Å². The second-order valence-corrected chi connectivity index (χ2v) is 20.4. The summed E-state index contributed by atoms with van der Waals surface area (Å²) in [6, 6.07) is 15.1. The number of β-amino-alcohol motifs (C(OH)–C–C–N with tert-alkyl or cyclic N) is 1. The highest BCUT2D eigenvalue weighted by Gasteiger charge is 2.28. The van der Waals surface area contributed by atoms with E-state index in [2.05, 4.69) is 40.0 Å². The molecule has 2 aliphatic rings. The molecule has 4 N–H and O–H groups in total. The van der Waals surface area contributed by atoms with Crippen molar-refractivity contribution in [1.82, 2.24) is 39.0 Å². The number of morpholine rings is 1. The van der Waals surface area contributed by atoms with Crippen LogP contribution in [-0.2, 0) is 43.0 Å². The summed E-state index contributed by atoms with van der Waals surface area (Å²) in [6.07, 6.45) is 8.54. The first kappa shape index (κ1) is 50.0. The van der Waals surface area contributed by atoms with Crippen LogP contribution in [0.1, 0.15) is 91.0 Å². The predicted octanol–water partition coefficient (Wildman–Crippen LogP) is 7.41. The maximum atomic E-state index is 13.9. The molecule has 386 valence electrons. The third kappa shape index (κ3) is 11.0. The fraction of sp³-hybridized carbons (Fsp3) is 0.407. The van der Waals surface area contributed by atoms with E-state index in [0.717, 1.165) is 56.3 Å². The van der Waals surface area contributed by atoms with Crippen LogP contribution in [0.25, 0.3) is 45.0 Å². The van der Waals surface area contributed by atoms with E-state index in [-0.39, 0.29) is 23.9 Å². The highest BCUT2D eigenvalue weighted by Crippen LogP contribution is 2.36. The van der Waals surface area contributed by atoms with E-state index in [4.69, 9.17) is 28.3 Å². The van der Waals surface area contributed by atoms with Crippen molar-refractivity contribution in [3.63, 3.8) is 0 Å². The Kier molecular flexibility index (Phi) is 13.8. The number of fused-ring (bicyclic) bond motifs is 2. The van der Waals surface area contributed by atoms with Gasteiger partial charge >= 0.3 is 0 Å². The van der Waals surface area contributed by atoms with E-state index >= 15 is 0 Å². The third-order valence-electron chi connectivity index (χ3n) is 13.7. The van der Waals surface area contributed by atoms with Gasteiger partial charge in [-0.1, -0.05) is 0 Å². The Hall–Kier alpha value is -7.52. The molecule has 0 spiro atoms. The molecule has 10 rings (SSSR count). The number of benzene rings is 2. The summed E-state index contributed by atoms with van der Waals surface area (Å²) < 4.78 is 27.7. The molecule has 8 aromatic rings. The Morgan fingerprint density at radius 1 is 0.730 bits per heavy atom. The fourth-order valence-electron chi connectivity index (χ4n) is 9.42. The molecule has 1 atom stereocenters. The van der Waals surface area contributed by atoms with Crippen molar-refractivity contribution in [1.29, 1.82) is 0 Å². The third-order valence-corrected chi connectivity index (χ3v) is 13.7. The summed E-state index contributed by atoms with van der Waals surface area (Å²) >= 11 is 0. The molecule has 0 aliphatic carbocycles. The van der Waals surface area contributed by atoms with E-state index in [1.54, 1.807) is 38.4 Å². The SMILES string of the molecule is Cc1cc(-c2nc(C(=O)Nc3cc4c(cc3N3CCOCC3)nc(CCC(C)(C)OCc3cc(-c5nc(C(=O)Nc6cc7c(cc6N6CC[C@@H](O)C6)nc(CCC(C)(C)O)n7C)co5)ccn3)n4C)co2)ccn1. The number of aliphatic hydroxyl groups excluding tert-OH is 1. The van der Waals surface area contributed by atoms with Gasteiger partial charge in [0.25, 0.3) is 11.8 Å². The summed E-state index contributed by atoms with van der Waals surface area (Å²) in [4.78, 5) is 59.6. The number of hydrogen-bond donors (Lipinski definition) is 4. The Morgan fingerprint density at radius 3 is 1.84 bits per heavy atom. The van der Waals surface area contributed by atoms with Crippen molar-refractivity contribution in [2.24, 2.45) is 14.1 Å². The Labute approximate surface area is 427 Å². The number of aryl methyl sites for hydroxylation is 5. The number of aliphatic hydroxyl groups is 2. The molecule has 20 heteroatoms. The highest BCUT2D eigenvalue weighted by molar-refractivity contribution is 6.07. The molecule has 0 unspecified atom stereocenters. The summed E-state index contributed by atoms with van der Waals surface area (Å²) in [5.74, 6) is 1.42.